The van der Waals surface area contributed by atoms with Gasteiger partial charge >= 0.3 is 0 Å². The van der Waals surface area contributed by atoms with Crippen molar-refractivity contribution >= 4 is 23.1 Å². The molecule has 0 saturated carbocycles. The third-order valence-electron chi connectivity index (χ3n) is 4.46. The van der Waals surface area contributed by atoms with E-state index >= 15 is 0 Å². The standard InChI is InChI=1S/C20H19N.C6H6/c1-4-6-19-17(5-2)18-13-16(11-12-20(18)21-19)15-9-7-14(3)8-10-15;1-2-4-6-5-3-1/h4-13,21H,2H2,1,3H3;1-6H/b6-4-;. The number of fused-ring (bicyclic) bond motifs is 1. The first-order valence-electron chi connectivity index (χ1n) is 9.21. The van der Waals surface area contributed by atoms with Crippen molar-refractivity contribution in [2.75, 3.05) is 0 Å². The fourth-order valence-electron chi connectivity index (χ4n) is 3.06. The van der Waals surface area contributed by atoms with Gasteiger partial charge in [0.15, 0.2) is 0 Å². The summed E-state index contributed by atoms with van der Waals surface area (Å²) in [4.78, 5) is 3.45. The lowest BCUT2D eigenvalue weighted by atomic mass is 10.0. The Balaban J connectivity index is 0.000000299. The summed E-state index contributed by atoms with van der Waals surface area (Å²) in [6.45, 7) is 8.09. The Kier molecular flexibility index (Phi) is 6.06. The smallest absolute Gasteiger partial charge is 0.0465 e. The third-order valence-corrected chi connectivity index (χ3v) is 4.46. The van der Waals surface area contributed by atoms with Gasteiger partial charge in [-0.1, -0.05) is 91.0 Å². The summed E-state index contributed by atoms with van der Waals surface area (Å²) < 4.78 is 0. The maximum atomic E-state index is 3.96. The highest BCUT2D eigenvalue weighted by Crippen LogP contribution is 2.29. The van der Waals surface area contributed by atoms with E-state index in [0.717, 1.165) is 16.8 Å². The first-order chi connectivity index (χ1) is 13.2. The highest BCUT2D eigenvalue weighted by Gasteiger charge is 2.08. The van der Waals surface area contributed by atoms with E-state index in [1.165, 1.54) is 22.1 Å². The van der Waals surface area contributed by atoms with Gasteiger partial charge < -0.3 is 4.98 Å². The Morgan fingerprint density at radius 3 is 1.96 bits per heavy atom. The normalized spacial score (nSPS) is 10.6. The highest BCUT2D eigenvalue weighted by atomic mass is 14.7. The van der Waals surface area contributed by atoms with Crippen LogP contribution in [-0.2, 0) is 0 Å². The van der Waals surface area contributed by atoms with Crippen LogP contribution in [0.5, 0.6) is 0 Å². The van der Waals surface area contributed by atoms with Crippen LogP contribution in [0.15, 0.2) is 91.5 Å². The fraction of sp³-hybridized carbons (Fsp3) is 0.0769. The summed E-state index contributed by atoms with van der Waals surface area (Å²) in [6.07, 6.45) is 6.05. The first kappa shape index (κ1) is 18.5. The zero-order chi connectivity index (χ0) is 19.1. The average molecular weight is 351 g/mol. The second-order valence-corrected chi connectivity index (χ2v) is 6.44. The van der Waals surface area contributed by atoms with E-state index in [1.54, 1.807) is 0 Å². The number of hydrogen-bond acceptors (Lipinski definition) is 0. The van der Waals surface area contributed by atoms with E-state index in [4.69, 9.17) is 0 Å². The lowest BCUT2D eigenvalue weighted by Gasteiger charge is -2.03. The quantitative estimate of drug-likeness (QED) is 0.393. The van der Waals surface area contributed by atoms with E-state index in [2.05, 4.69) is 67.0 Å². The molecule has 1 heterocycles. The van der Waals surface area contributed by atoms with Crippen LogP contribution in [0, 0.1) is 6.92 Å². The number of nitrogens with one attached hydrogen (secondary N) is 1. The minimum absolute atomic E-state index is 1.11. The van der Waals surface area contributed by atoms with E-state index in [-0.39, 0.29) is 0 Å². The van der Waals surface area contributed by atoms with Gasteiger partial charge in [0.25, 0.3) is 0 Å². The van der Waals surface area contributed by atoms with Crippen molar-refractivity contribution in [2.45, 2.75) is 13.8 Å². The SMILES string of the molecule is C=Cc1c(/C=C\C)[nH]c2ccc(-c3ccc(C)cc3)cc12.c1ccccc1. The number of rotatable bonds is 3. The average Bonchev–Trinajstić information content (AvgIpc) is 3.07. The summed E-state index contributed by atoms with van der Waals surface area (Å²) in [6, 6.07) is 27.2. The zero-order valence-electron chi connectivity index (χ0n) is 15.9. The Bertz CT molecular complexity index is 1010. The van der Waals surface area contributed by atoms with Crippen molar-refractivity contribution in [1.82, 2.24) is 4.98 Å². The lowest BCUT2D eigenvalue weighted by molar-refractivity contribution is 1.42. The van der Waals surface area contributed by atoms with Gasteiger partial charge in [0.1, 0.15) is 0 Å². The number of aromatic nitrogens is 1. The minimum atomic E-state index is 1.11. The van der Waals surface area contributed by atoms with E-state index < -0.39 is 0 Å². The molecule has 0 spiro atoms. The van der Waals surface area contributed by atoms with Crippen molar-refractivity contribution in [3.8, 4) is 11.1 Å². The summed E-state index contributed by atoms with van der Waals surface area (Å²) in [7, 11) is 0. The molecule has 0 amide bonds. The molecule has 1 N–H and O–H groups in total. The largest absolute Gasteiger partial charge is 0.355 e. The van der Waals surface area contributed by atoms with Crippen molar-refractivity contribution in [1.29, 1.82) is 0 Å². The topological polar surface area (TPSA) is 15.8 Å². The van der Waals surface area contributed by atoms with Crippen LogP contribution < -0.4 is 0 Å². The van der Waals surface area contributed by atoms with Crippen LogP contribution in [0.25, 0.3) is 34.2 Å². The molecule has 0 fully saturated rings. The van der Waals surface area contributed by atoms with Crippen LogP contribution >= 0.6 is 0 Å². The number of aryl methyl sites for hydroxylation is 1. The lowest BCUT2D eigenvalue weighted by Crippen LogP contribution is -1.79. The van der Waals surface area contributed by atoms with Gasteiger partial charge in [-0.05, 0) is 43.2 Å². The third kappa shape index (κ3) is 4.45. The molecule has 1 heteroatoms. The van der Waals surface area contributed by atoms with Gasteiger partial charge in [-0.25, -0.2) is 0 Å². The second kappa shape index (κ2) is 8.86. The molecule has 27 heavy (non-hydrogen) atoms. The molecule has 0 saturated heterocycles. The molecule has 0 radical (unpaired) electrons. The number of benzene rings is 3. The van der Waals surface area contributed by atoms with Gasteiger partial charge in [-0.15, -0.1) is 0 Å². The predicted molar refractivity (Wildman–Crippen MR) is 120 cm³/mol. The Morgan fingerprint density at radius 1 is 0.815 bits per heavy atom. The summed E-state index contributed by atoms with van der Waals surface area (Å²) >= 11 is 0. The number of hydrogen-bond donors (Lipinski definition) is 1. The Labute approximate surface area is 161 Å². The summed E-state index contributed by atoms with van der Waals surface area (Å²) in [5.74, 6) is 0. The molecule has 0 unspecified atom stereocenters. The van der Waals surface area contributed by atoms with Gasteiger partial charge in [-0.3, -0.25) is 0 Å². The number of aromatic amines is 1. The maximum Gasteiger partial charge on any atom is 0.0465 e. The molecule has 134 valence electrons. The first-order valence-corrected chi connectivity index (χ1v) is 9.21. The van der Waals surface area contributed by atoms with Crippen LogP contribution in [-0.4, -0.2) is 4.98 Å². The van der Waals surface area contributed by atoms with Crippen LogP contribution in [0.3, 0.4) is 0 Å². The van der Waals surface area contributed by atoms with E-state index in [1.807, 2.05) is 55.5 Å². The van der Waals surface area contributed by atoms with Crippen molar-refractivity contribution < 1.29 is 0 Å². The molecule has 0 bridgehead atoms. The number of allylic oxidation sites excluding steroid dienone is 1. The molecule has 1 nitrogen and oxygen atoms in total. The van der Waals surface area contributed by atoms with Crippen LogP contribution in [0.4, 0.5) is 0 Å². The predicted octanol–water partition coefficient (Wildman–Crippen LogP) is 7.51. The van der Waals surface area contributed by atoms with Gasteiger partial charge in [-0.2, -0.15) is 0 Å². The molecular formula is C26H25N. The van der Waals surface area contributed by atoms with Crippen molar-refractivity contribution in [2.24, 2.45) is 0 Å². The van der Waals surface area contributed by atoms with E-state index in [0.29, 0.717) is 0 Å². The van der Waals surface area contributed by atoms with E-state index in [9.17, 15) is 0 Å². The van der Waals surface area contributed by atoms with Crippen LogP contribution in [0.1, 0.15) is 23.7 Å². The molecule has 0 aliphatic carbocycles. The highest BCUT2D eigenvalue weighted by molar-refractivity contribution is 5.95. The molecule has 4 rings (SSSR count). The van der Waals surface area contributed by atoms with Gasteiger partial charge in [0, 0.05) is 22.2 Å². The Morgan fingerprint density at radius 2 is 1.41 bits per heavy atom. The van der Waals surface area contributed by atoms with Gasteiger partial charge in [0.05, 0.1) is 0 Å². The van der Waals surface area contributed by atoms with Crippen molar-refractivity contribution in [3.63, 3.8) is 0 Å². The molecule has 4 aromatic rings. The molecule has 1 aromatic heterocycles. The second-order valence-electron chi connectivity index (χ2n) is 6.44. The Hall–Kier alpha value is -3.32. The molecular weight excluding hydrogens is 326 g/mol. The van der Waals surface area contributed by atoms with Crippen LogP contribution in [0.2, 0.25) is 0 Å². The molecule has 0 aliphatic rings. The minimum Gasteiger partial charge on any atom is -0.355 e. The summed E-state index contributed by atoms with van der Waals surface area (Å²) in [5, 5.41) is 1.22. The zero-order valence-corrected chi connectivity index (χ0v) is 15.9. The number of H-pyrrole nitrogens is 1. The maximum absolute atomic E-state index is 3.96. The van der Waals surface area contributed by atoms with Gasteiger partial charge in [0.2, 0.25) is 0 Å². The molecule has 0 aliphatic heterocycles. The fourth-order valence-corrected chi connectivity index (χ4v) is 3.06. The summed E-state index contributed by atoms with van der Waals surface area (Å²) in [5.41, 5.74) is 7.18. The molecule has 0 atom stereocenters. The molecule has 3 aromatic carbocycles. The van der Waals surface area contributed by atoms with Crippen molar-refractivity contribution in [3.05, 3.63) is 108 Å². The monoisotopic (exact) mass is 351 g/mol.